The Hall–Kier alpha value is -2.14. The van der Waals surface area contributed by atoms with Gasteiger partial charge in [-0.1, -0.05) is 11.6 Å². The Bertz CT molecular complexity index is 846. The molecule has 2 heterocycles. The molecule has 0 bridgehead atoms. The smallest absolute Gasteiger partial charge is 0.286 e. The molecule has 1 aromatic carbocycles. The van der Waals surface area contributed by atoms with Crippen molar-refractivity contribution in [3.8, 4) is 5.69 Å². The van der Waals surface area contributed by atoms with Crippen LogP contribution in [0, 0.1) is 0 Å². The Balaban J connectivity index is 1.91. The maximum absolute atomic E-state index is 12.5. The van der Waals surface area contributed by atoms with Crippen molar-refractivity contribution < 1.29 is 0 Å². The Morgan fingerprint density at radius 3 is 2.55 bits per heavy atom. The highest BCUT2D eigenvalue weighted by Crippen LogP contribution is 2.36. The molecule has 0 N–H and O–H groups in total. The number of halogens is 1. The predicted molar refractivity (Wildman–Crippen MR) is 76.4 cm³/mol. The van der Waals surface area contributed by atoms with Gasteiger partial charge in [-0.25, -0.2) is 9.97 Å². The fourth-order valence-electron chi connectivity index (χ4n) is 2.32. The van der Waals surface area contributed by atoms with E-state index in [-0.39, 0.29) is 5.56 Å². The maximum atomic E-state index is 12.5. The van der Waals surface area contributed by atoms with Crippen LogP contribution in [0.5, 0.6) is 0 Å². The van der Waals surface area contributed by atoms with Crippen LogP contribution in [0.2, 0.25) is 5.02 Å². The topological polar surface area (TPSA) is 52.7 Å². The highest BCUT2D eigenvalue weighted by Gasteiger charge is 2.26. The van der Waals surface area contributed by atoms with Crippen LogP contribution in [0.25, 0.3) is 16.9 Å². The van der Waals surface area contributed by atoms with Crippen LogP contribution >= 0.6 is 11.6 Å². The van der Waals surface area contributed by atoms with Crippen molar-refractivity contribution in [1.82, 2.24) is 19.1 Å². The van der Waals surface area contributed by atoms with Gasteiger partial charge in [0.15, 0.2) is 11.2 Å². The average molecular weight is 287 g/mol. The summed E-state index contributed by atoms with van der Waals surface area (Å²) < 4.78 is 3.48. The molecule has 4 rings (SSSR count). The summed E-state index contributed by atoms with van der Waals surface area (Å²) in [6.07, 6.45) is 5.53. The highest BCUT2D eigenvalue weighted by molar-refractivity contribution is 6.30. The Morgan fingerprint density at radius 2 is 1.85 bits per heavy atom. The monoisotopic (exact) mass is 286 g/mol. The van der Waals surface area contributed by atoms with Gasteiger partial charge in [-0.15, -0.1) is 0 Å². The second-order valence-corrected chi connectivity index (χ2v) is 5.39. The number of rotatable bonds is 2. The highest BCUT2D eigenvalue weighted by atomic mass is 35.5. The van der Waals surface area contributed by atoms with E-state index in [1.165, 1.54) is 4.57 Å². The van der Waals surface area contributed by atoms with E-state index in [4.69, 9.17) is 11.6 Å². The first-order valence-corrected chi connectivity index (χ1v) is 6.82. The largest absolute Gasteiger partial charge is 0.312 e. The van der Waals surface area contributed by atoms with Crippen LogP contribution in [-0.2, 0) is 0 Å². The van der Waals surface area contributed by atoms with Crippen molar-refractivity contribution in [3.05, 3.63) is 52.3 Å². The molecule has 20 heavy (non-hydrogen) atoms. The van der Waals surface area contributed by atoms with E-state index in [0.29, 0.717) is 22.2 Å². The third kappa shape index (κ3) is 1.74. The van der Waals surface area contributed by atoms with Crippen LogP contribution in [0.3, 0.4) is 0 Å². The van der Waals surface area contributed by atoms with Gasteiger partial charge in [0.05, 0.1) is 12.0 Å². The summed E-state index contributed by atoms with van der Waals surface area (Å²) in [6.45, 7) is 0. The summed E-state index contributed by atoms with van der Waals surface area (Å²) >= 11 is 5.86. The van der Waals surface area contributed by atoms with Gasteiger partial charge in [0.25, 0.3) is 5.56 Å². The molecule has 0 unspecified atom stereocenters. The van der Waals surface area contributed by atoms with Crippen molar-refractivity contribution >= 4 is 22.8 Å². The average Bonchev–Trinajstić information content (AvgIpc) is 3.20. The van der Waals surface area contributed by atoms with Gasteiger partial charge >= 0.3 is 0 Å². The fourth-order valence-corrected chi connectivity index (χ4v) is 2.44. The molecule has 100 valence electrons. The third-order valence-corrected chi connectivity index (χ3v) is 3.78. The zero-order valence-corrected chi connectivity index (χ0v) is 11.3. The van der Waals surface area contributed by atoms with Gasteiger partial charge < -0.3 is 4.57 Å². The van der Waals surface area contributed by atoms with E-state index in [0.717, 1.165) is 18.5 Å². The first-order chi connectivity index (χ1) is 9.74. The van der Waals surface area contributed by atoms with Crippen LogP contribution in [0.1, 0.15) is 18.9 Å². The fraction of sp³-hybridized carbons (Fsp3) is 0.214. The van der Waals surface area contributed by atoms with Crippen molar-refractivity contribution in [2.45, 2.75) is 18.9 Å². The lowest BCUT2D eigenvalue weighted by atomic mass is 10.3. The van der Waals surface area contributed by atoms with Crippen LogP contribution in [0.4, 0.5) is 0 Å². The zero-order valence-electron chi connectivity index (χ0n) is 10.5. The van der Waals surface area contributed by atoms with Gasteiger partial charge in [0.1, 0.15) is 6.33 Å². The van der Waals surface area contributed by atoms with E-state index >= 15 is 0 Å². The Labute approximate surface area is 119 Å². The molecule has 1 aliphatic rings. The third-order valence-electron chi connectivity index (χ3n) is 3.53. The summed E-state index contributed by atoms with van der Waals surface area (Å²) in [5.41, 5.74) is 1.66. The first kappa shape index (κ1) is 11.7. The minimum absolute atomic E-state index is 0.156. The lowest BCUT2D eigenvalue weighted by Crippen LogP contribution is -2.19. The molecule has 0 radical (unpaired) electrons. The van der Waals surface area contributed by atoms with Gasteiger partial charge in [-0.2, -0.15) is 0 Å². The van der Waals surface area contributed by atoms with Crippen LogP contribution < -0.4 is 5.56 Å². The van der Waals surface area contributed by atoms with E-state index in [1.807, 2.05) is 4.57 Å². The lowest BCUT2D eigenvalue weighted by molar-refractivity contribution is 0.755. The number of hydrogen-bond acceptors (Lipinski definition) is 3. The second kappa shape index (κ2) is 4.18. The van der Waals surface area contributed by atoms with Gasteiger partial charge in [-0.05, 0) is 37.1 Å². The summed E-state index contributed by atoms with van der Waals surface area (Å²) in [5.74, 6) is 0. The van der Waals surface area contributed by atoms with E-state index < -0.39 is 0 Å². The van der Waals surface area contributed by atoms with E-state index in [2.05, 4.69) is 9.97 Å². The maximum Gasteiger partial charge on any atom is 0.286 e. The molecule has 6 heteroatoms. The van der Waals surface area contributed by atoms with Crippen LogP contribution in [-0.4, -0.2) is 19.1 Å². The molecule has 0 aliphatic heterocycles. The summed E-state index contributed by atoms with van der Waals surface area (Å²) in [6, 6.07) is 7.52. The first-order valence-electron chi connectivity index (χ1n) is 6.44. The number of benzene rings is 1. The second-order valence-electron chi connectivity index (χ2n) is 4.95. The molecule has 2 aromatic heterocycles. The number of fused-ring (bicyclic) bond motifs is 1. The molecule has 0 amide bonds. The van der Waals surface area contributed by atoms with Gasteiger partial charge in [-0.3, -0.25) is 9.36 Å². The Kier molecular flexibility index (Phi) is 2.44. The molecule has 5 nitrogen and oxygen atoms in total. The van der Waals surface area contributed by atoms with Crippen molar-refractivity contribution in [2.24, 2.45) is 0 Å². The minimum Gasteiger partial charge on any atom is -0.312 e. The normalized spacial score (nSPS) is 14.8. The molecule has 0 spiro atoms. The van der Waals surface area contributed by atoms with Crippen molar-refractivity contribution in [3.63, 3.8) is 0 Å². The molecule has 0 saturated heterocycles. The number of nitrogens with zero attached hydrogens (tertiary/aromatic N) is 4. The van der Waals surface area contributed by atoms with Gasteiger partial charge in [0.2, 0.25) is 0 Å². The summed E-state index contributed by atoms with van der Waals surface area (Å²) in [7, 11) is 0. The molecule has 1 aliphatic carbocycles. The molecule has 3 aromatic rings. The number of aromatic nitrogens is 4. The number of hydrogen-bond donors (Lipinski definition) is 0. The predicted octanol–water partition coefficient (Wildman–Crippen LogP) is 2.57. The molecule has 0 atom stereocenters. The van der Waals surface area contributed by atoms with E-state index in [1.54, 1.807) is 36.9 Å². The molecular formula is C14H11ClN4O. The Morgan fingerprint density at radius 1 is 1.10 bits per heavy atom. The number of imidazole rings is 1. The van der Waals surface area contributed by atoms with Crippen molar-refractivity contribution in [1.29, 1.82) is 0 Å². The quantitative estimate of drug-likeness (QED) is 0.727. The summed E-state index contributed by atoms with van der Waals surface area (Å²) in [5, 5.41) is 0.633. The summed E-state index contributed by atoms with van der Waals surface area (Å²) in [4.78, 5) is 21.1. The zero-order chi connectivity index (χ0) is 13.7. The molecule has 1 saturated carbocycles. The lowest BCUT2D eigenvalue weighted by Gasteiger charge is -2.05. The molecule has 1 fully saturated rings. The molecular weight excluding hydrogens is 276 g/mol. The van der Waals surface area contributed by atoms with Crippen LogP contribution in [0.15, 0.2) is 41.7 Å². The minimum atomic E-state index is -0.156. The van der Waals surface area contributed by atoms with Gasteiger partial charge in [0, 0.05) is 11.1 Å². The van der Waals surface area contributed by atoms with E-state index in [9.17, 15) is 4.79 Å². The van der Waals surface area contributed by atoms with Crippen molar-refractivity contribution in [2.75, 3.05) is 0 Å². The SMILES string of the molecule is O=c1c2ncn(C3CC3)c2ncn1-c1ccc(Cl)cc1. The standard InChI is InChI=1S/C14H11ClN4O/c15-9-1-3-11(4-2-9)19-8-17-13-12(14(19)20)16-7-18(13)10-5-6-10/h1-4,7-8,10H,5-6H2.